The molecule has 13 heavy (non-hydrogen) atoms. The summed E-state index contributed by atoms with van der Waals surface area (Å²) in [5.41, 5.74) is 1.27. The number of hydrogen-bond donors (Lipinski definition) is 0. The summed E-state index contributed by atoms with van der Waals surface area (Å²) >= 11 is 0. The van der Waals surface area contributed by atoms with Crippen LogP contribution in [0.1, 0.15) is 31.9 Å². The molecule has 0 radical (unpaired) electrons. The zero-order valence-electron chi connectivity index (χ0n) is 8.37. The SMILES string of the molecule is C=CCc1ccnn1CCCCC. The Hall–Kier alpha value is -1.05. The van der Waals surface area contributed by atoms with E-state index in [0.29, 0.717) is 0 Å². The number of allylic oxidation sites excluding steroid dienone is 1. The Morgan fingerprint density at radius 2 is 2.38 bits per heavy atom. The van der Waals surface area contributed by atoms with Crippen molar-refractivity contribution in [2.24, 2.45) is 0 Å². The molecule has 0 atom stereocenters. The molecule has 72 valence electrons. The summed E-state index contributed by atoms with van der Waals surface area (Å²) in [5.74, 6) is 0. The standard InChI is InChI=1S/C11H18N2/c1-3-5-6-10-13-11(7-4-2)8-9-12-13/h4,8-9H,2-3,5-7,10H2,1H3. The molecule has 0 amide bonds. The second kappa shape index (κ2) is 5.57. The zero-order chi connectivity index (χ0) is 9.52. The van der Waals surface area contributed by atoms with Crippen molar-refractivity contribution < 1.29 is 0 Å². The van der Waals surface area contributed by atoms with Gasteiger partial charge in [-0.05, 0) is 12.5 Å². The minimum atomic E-state index is 0.923. The molecule has 2 nitrogen and oxygen atoms in total. The van der Waals surface area contributed by atoms with Crippen LogP contribution >= 0.6 is 0 Å². The topological polar surface area (TPSA) is 17.8 Å². The van der Waals surface area contributed by atoms with Gasteiger partial charge >= 0.3 is 0 Å². The van der Waals surface area contributed by atoms with Crippen molar-refractivity contribution in [2.75, 3.05) is 0 Å². The zero-order valence-corrected chi connectivity index (χ0v) is 8.37. The summed E-state index contributed by atoms with van der Waals surface area (Å²) in [5, 5.41) is 4.28. The van der Waals surface area contributed by atoms with E-state index in [1.807, 2.05) is 12.3 Å². The molecule has 0 saturated carbocycles. The van der Waals surface area contributed by atoms with E-state index in [2.05, 4.69) is 29.3 Å². The van der Waals surface area contributed by atoms with Gasteiger partial charge in [0, 0.05) is 24.9 Å². The molecule has 1 rings (SSSR count). The third kappa shape index (κ3) is 3.05. The number of unbranched alkanes of at least 4 members (excludes halogenated alkanes) is 2. The van der Waals surface area contributed by atoms with E-state index in [0.717, 1.165) is 13.0 Å². The maximum Gasteiger partial charge on any atom is 0.0492 e. The lowest BCUT2D eigenvalue weighted by Crippen LogP contribution is -2.04. The van der Waals surface area contributed by atoms with Crippen molar-refractivity contribution in [1.82, 2.24) is 9.78 Å². The summed E-state index contributed by atoms with van der Waals surface area (Å²) in [4.78, 5) is 0. The van der Waals surface area contributed by atoms with Gasteiger partial charge in [0.05, 0.1) is 0 Å². The van der Waals surface area contributed by atoms with Crippen LogP contribution in [0.4, 0.5) is 0 Å². The lowest BCUT2D eigenvalue weighted by Gasteiger charge is -2.04. The molecule has 0 aliphatic rings. The number of rotatable bonds is 6. The van der Waals surface area contributed by atoms with E-state index in [4.69, 9.17) is 0 Å². The largest absolute Gasteiger partial charge is 0.269 e. The van der Waals surface area contributed by atoms with Crippen LogP contribution in [0.2, 0.25) is 0 Å². The van der Waals surface area contributed by atoms with E-state index in [-0.39, 0.29) is 0 Å². The van der Waals surface area contributed by atoms with E-state index in [1.165, 1.54) is 25.0 Å². The number of aryl methyl sites for hydroxylation is 1. The van der Waals surface area contributed by atoms with Gasteiger partial charge in [-0.1, -0.05) is 25.8 Å². The smallest absolute Gasteiger partial charge is 0.0492 e. The lowest BCUT2D eigenvalue weighted by atomic mass is 10.2. The Labute approximate surface area is 80.3 Å². The average Bonchev–Trinajstić information content (AvgIpc) is 2.54. The predicted octanol–water partition coefficient (Wildman–Crippen LogP) is 2.80. The monoisotopic (exact) mass is 178 g/mol. The predicted molar refractivity (Wildman–Crippen MR) is 55.7 cm³/mol. The van der Waals surface area contributed by atoms with Gasteiger partial charge in [0.15, 0.2) is 0 Å². The maximum absolute atomic E-state index is 4.28. The van der Waals surface area contributed by atoms with Crippen LogP contribution in [0, 0.1) is 0 Å². The van der Waals surface area contributed by atoms with E-state index >= 15 is 0 Å². The fraction of sp³-hybridized carbons (Fsp3) is 0.545. The Morgan fingerprint density at radius 3 is 3.08 bits per heavy atom. The molecule has 0 fully saturated rings. The van der Waals surface area contributed by atoms with Gasteiger partial charge in [-0.25, -0.2) is 0 Å². The Morgan fingerprint density at radius 1 is 1.54 bits per heavy atom. The lowest BCUT2D eigenvalue weighted by molar-refractivity contribution is 0.538. The second-order valence-corrected chi connectivity index (χ2v) is 3.25. The summed E-state index contributed by atoms with van der Waals surface area (Å²) in [6, 6.07) is 2.06. The van der Waals surface area contributed by atoms with Crippen molar-refractivity contribution in [2.45, 2.75) is 39.2 Å². The van der Waals surface area contributed by atoms with Gasteiger partial charge in [-0.3, -0.25) is 4.68 Å². The van der Waals surface area contributed by atoms with Gasteiger partial charge in [0.2, 0.25) is 0 Å². The molecule has 0 bridgehead atoms. The third-order valence-corrected chi connectivity index (χ3v) is 2.13. The first-order chi connectivity index (χ1) is 6.38. The summed E-state index contributed by atoms with van der Waals surface area (Å²) in [6.45, 7) is 6.99. The first kappa shape index (κ1) is 10.0. The fourth-order valence-corrected chi connectivity index (χ4v) is 1.39. The molecule has 0 unspecified atom stereocenters. The Balaban J connectivity index is 2.44. The number of hydrogen-bond acceptors (Lipinski definition) is 1. The van der Waals surface area contributed by atoms with Crippen LogP contribution < -0.4 is 0 Å². The molecule has 0 saturated heterocycles. The summed E-state index contributed by atoms with van der Waals surface area (Å²) in [6.07, 6.45) is 8.48. The minimum absolute atomic E-state index is 0.923. The van der Waals surface area contributed by atoms with Gasteiger partial charge < -0.3 is 0 Å². The molecule has 0 N–H and O–H groups in total. The maximum atomic E-state index is 4.28. The molecule has 0 aliphatic heterocycles. The average molecular weight is 178 g/mol. The van der Waals surface area contributed by atoms with Crippen LogP contribution in [-0.2, 0) is 13.0 Å². The molecule has 1 heterocycles. The molecule has 1 aromatic rings. The number of nitrogens with zero attached hydrogens (tertiary/aromatic N) is 2. The molecule has 1 aromatic heterocycles. The highest BCUT2D eigenvalue weighted by Crippen LogP contribution is 2.04. The minimum Gasteiger partial charge on any atom is -0.269 e. The summed E-state index contributed by atoms with van der Waals surface area (Å²) < 4.78 is 2.08. The first-order valence-electron chi connectivity index (χ1n) is 5.00. The van der Waals surface area contributed by atoms with Crippen molar-refractivity contribution in [3.05, 3.63) is 30.6 Å². The van der Waals surface area contributed by atoms with Gasteiger partial charge in [-0.2, -0.15) is 5.10 Å². The normalized spacial score (nSPS) is 10.2. The van der Waals surface area contributed by atoms with Crippen LogP contribution in [-0.4, -0.2) is 9.78 Å². The third-order valence-electron chi connectivity index (χ3n) is 2.13. The fourth-order valence-electron chi connectivity index (χ4n) is 1.39. The van der Waals surface area contributed by atoms with Crippen LogP contribution in [0.3, 0.4) is 0 Å². The molecular weight excluding hydrogens is 160 g/mol. The highest BCUT2D eigenvalue weighted by molar-refractivity contribution is 5.04. The Bertz CT molecular complexity index is 250. The first-order valence-corrected chi connectivity index (χ1v) is 5.00. The van der Waals surface area contributed by atoms with Crippen LogP contribution in [0.15, 0.2) is 24.9 Å². The Kier molecular flexibility index (Phi) is 4.30. The highest BCUT2D eigenvalue weighted by Gasteiger charge is 1.98. The van der Waals surface area contributed by atoms with E-state index in [1.54, 1.807) is 0 Å². The van der Waals surface area contributed by atoms with Crippen molar-refractivity contribution in [3.63, 3.8) is 0 Å². The second-order valence-electron chi connectivity index (χ2n) is 3.25. The van der Waals surface area contributed by atoms with Crippen molar-refractivity contribution in [1.29, 1.82) is 0 Å². The number of aromatic nitrogens is 2. The quantitative estimate of drug-likeness (QED) is 0.484. The van der Waals surface area contributed by atoms with Crippen molar-refractivity contribution in [3.8, 4) is 0 Å². The van der Waals surface area contributed by atoms with Crippen LogP contribution in [0.5, 0.6) is 0 Å². The van der Waals surface area contributed by atoms with Crippen LogP contribution in [0.25, 0.3) is 0 Å². The van der Waals surface area contributed by atoms with Gasteiger partial charge in [0.1, 0.15) is 0 Å². The van der Waals surface area contributed by atoms with Crippen molar-refractivity contribution >= 4 is 0 Å². The van der Waals surface area contributed by atoms with E-state index < -0.39 is 0 Å². The van der Waals surface area contributed by atoms with Gasteiger partial charge in [-0.15, -0.1) is 6.58 Å². The molecule has 0 spiro atoms. The molecule has 2 heteroatoms. The molecular formula is C11H18N2. The van der Waals surface area contributed by atoms with Gasteiger partial charge in [0.25, 0.3) is 0 Å². The molecule has 0 aromatic carbocycles. The van der Waals surface area contributed by atoms with E-state index in [9.17, 15) is 0 Å². The molecule has 0 aliphatic carbocycles. The highest BCUT2D eigenvalue weighted by atomic mass is 15.3. The summed E-state index contributed by atoms with van der Waals surface area (Å²) in [7, 11) is 0.